The highest BCUT2D eigenvalue weighted by atomic mass is 19.4. The van der Waals surface area contributed by atoms with Crippen LogP contribution in [0.4, 0.5) is 32.0 Å². The number of nitrogens with zero attached hydrogens (tertiary/aromatic N) is 3. The highest BCUT2D eigenvalue weighted by molar-refractivity contribution is 6.14. The second-order valence-corrected chi connectivity index (χ2v) is 6.94. The predicted molar refractivity (Wildman–Crippen MR) is 106 cm³/mol. The largest absolute Gasteiger partial charge is 0.475 e. The number of carbonyl (C=O) groups is 1. The van der Waals surface area contributed by atoms with Gasteiger partial charge in [-0.15, -0.1) is 0 Å². The van der Waals surface area contributed by atoms with Gasteiger partial charge < -0.3 is 15.0 Å². The lowest BCUT2D eigenvalue weighted by atomic mass is 10.1. The van der Waals surface area contributed by atoms with Crippen LogP contribution >= 0.6 is 0 Å². The van der Waals surface area contributed by atoms with Gasteiger partial charge >= 0.3 is 6.18 Å². The maximum Gasteiger partial charge on any atom is 0.417 e. The molecule has 1 saturated heterocycles. The van der Waals surface area contributed by atoms with Crippen LogP contribution in [-0.4, -0.2) is 53.3 Å². The number of alkyl halides is 5. The van der Waals surface area contributed by atoms with Crippen molar-refractivity contribution in [3.63, 3.8) is 0 Å². The van der Waals surface area contributed by atoms with Gasteiger partial charge in [-0.1, -0.05) is 6.07 Å². The standard InChI is InChI=1S/C20H17F6N5O2/c21-14-3-1-2-13(17(14)30-29-8-7-27)18(32)31-9-6-19(22,23)15(31)11-33-16-5-4-12(10-28-16)20(24,25)26/h1-5,7-8,10,15,27,30H,6,9,11H2/b27-7?,29-8-. The maximum absolute atomic E-state index is 14.5. The number of pyridine rings is 1. The van der Waals surface area contributed by atoms with Crippen LogP contribution in [0.2, 0.25) is 0 Å². The van der Waals surface area contributed by atoms with Crippen molar-refractivity contribution in [1.29, 1.82) is 5.41 Å². The molecule has 33 heavy (non-hydrogen) atoms. The lowest BCUT2D eigenvalue weighted by Crippen LogP contribution is -2.46. The van der Waals surface area contributed by atoms with Crippen LogP contribution in [0, 0.1) is 11.2 Å². The number of likely N-dealkylation sites (tertiary alicyclic amines) is 1. The molecule has 1 aromatic carbocycles. The van der Waals surface area contributed by atoms with E-state index in [0.717, 1.165) is 29.5 Å². The highest BCUT2D eigenvalue weighted by Crippen LogP contribution is 2.36. The Bertz CT molecular complexity index is 1040. The summed E-state index contributed by atoms with van der Waals surface area (Å²) in [6.07, 6.45) is -3.01. The molecule has 0 spiro atoms. The van der Waals surface area contributed by atoms with Gasteiger partial charge in [-0.25, -0.2) is 18.2 Å². The number of halogens is 6. The number of anilines is 1. The van der Waals surface area contributed by atoms with E-state index in [2.05, 4.69) is 15.5 Å². The summed E-state index contributed by atoms with van der Waals surface area (Å²) in [5.74, 6) is -5.48. The van der Waals surface area contributed by atoms with E-state index >= 15 is 0 Å². The van der Waals surface area contributed by atoms with E-state index in [1.807, 2.05) is 0 Å². The van der Waals surface area contributed by atoms with Crippen molar-refractivity contribution in [2.24, 2.45) is 5.10 Å². The monoisotopic (exact) mass is 473 g/mol. The third-order valence-corrected chi connectivity index (χ3v) is 4.83. The van der Waals surface area contributed by atoms with Gasteiger partial charge in [0.15, 0.2) is 0 Å². The topological polar surface area (TPSA) is 90.7 Å². The molecule has 3 rings (SSSR count). The Morgan fingerprint density at radius 1 is 1.33 bits per heavy atom. The van der Waals surface area contributed by atoms with Gasteiger partial charge in [0.1, 0.15) is 24.2 Å². The molecule has 2 N–H and O–H groups in total. The van der Waals surface area contributed by atoms with E-state index in [1.54, 1.807) is 0 Å². The summed E-state index contributed by atoms with van der Waals surface area (Å²) in [7, 11) is 0. The summed E-state index contributed by atoms with van der Waals surface area (Å²) in [4.78, 5) is 17.3. The number of rotatable bonds is 7. The summed E-state index contributed by atoms with van der Waals surface area (Å²) >= 11 is 0. The maximum atomic E-state index is 14.5. The summed E-state index contributed by atoms with van der Waals surface area (Å²) in [5.41, 5.74) is 0.608. The molecule has 13 heteroatoms. The number of amides is 1. The van der Waals surface area contributed by atoms with Crippen LogP contribution in [-0.2, 0) is 6.18 Å². The number of hydrogen-bond acceptors (Lipinski definition) is 6. The van der Waals surface area contributed by atoms with Gasteiger partial charge in [-0.2, -0.15) is 18.3 Å². The number of para-hydroxylation sites is 1. The molecule has 1 aromatic heterocycles. The van der Waals surface area contributed by atoms with Crippen molar-refractivity contribution in [3.8, 4) is 5.88 Å². The Morgan fingerprint density at radius 2 is 2.09 bits per heavy atom. The number of benzene rings is 1. The van der Waals surface area contributed by atoms with E-state index < -0.39 is 48.5 Å². The van der Waals surface area contributed by atoms with Gasteiger partial charge in [-0.3, -0.25) is 10.2 Å². The van der Waals surface area contributed by atoms with Crippen LogP contribution in [0.25, 0.3) is 0 Å². The minimum atomic E-state index is -4.62. The minimum absolute atomic E-state index is 0.271. The zero-order chi connectivity index (χ0) is 24.2. The Kier molecular flexibility index (Phi) is 6.89. The van der Waals surface area contributed by atoms with Crippen LogP contribution in [0.5, 0.6) is 5.88 Å². The van der Waals surface area contributed by atoms with Crippen LogP contribution < -0.4 is 10.2 Å². The third-order valence-electron chi connectivity index (χ3n) is 4.83. The fraction of sp³-hybridized carbons (Fsp3) is 0.300. The van der Waals surface area contributed by atoms with E-state index in [0.29, 0.717) is 12.3 Å². The van der Waals surface area contributed by atoms with E-state index in [1.165, 1.54) is 12.1 Å². The van der Waals surface area contributed by atoms with Gasteiger partial charge in [0, 0.05) is 31.4 Å². The van der Waals surface area contributed by atoms with Gasteiger partial charge in [0.05, 0.1) is 17.3 Å². The van der Waals surface area contributed by atoms with Crippen LogP contribution in [0.1, 0.15) is 22.3 Å². The van der Waals surface area contributed by atoms with Gasteiger partial charge in [0.2, 0.25) is 5.88 Å². The second-order valence-electron chi connectivity index (χ2n) is 6.94. The molecular formula is C20H17F6N5O2. The molecule has 0 radical (unpaired) electrons. The number of ether oxygens (including phenoxy) is 1. The lowest BCUT2D eigenvalue weighted by Gasteiger charge is -2.28. The first-order valence-corrected chi connectivity index (χ1v) is 9.46. The van der Waals surface area contributed by atoms with Crippen molar-refractivity contribution in [2.45, 2.75) is 24.6 Å². The molecule has 1 aliphatic rings. The number of hydrogen-bond donors (Lipinski definition) is 2. The minimum Gasteiger partial charge on any atom is -0.475 e. The average molecular weight is 473 g/mol. The summed E-state index contributed by atoms with van der Waals surface area (Å²) < 4.78 is 86.3. The smallest absolute Gasteiger partial charge is 0.417 e. The highest BCUT2D eigenvalue weighted by Gasteiger charge is 2.51. The van der Waals surface area contributed by atoms with E-state index in [9.17, 15) is 31.1 Å². The number of aromatic nitrogens is 1. The Labute approximate surface area is 183 Å². The molecule has 1 unspecified atom stereocenters. The Balaban J connectivity index is 1.80. The molecule has 1 aliphatic heterocycles. The first-order valence-electron chi connectivity index (χ1n) is 9.46. The first kappa shape index (κ1) is 24.0. The quantitative estimate of drug-likeness (QED) is 0.358. The number of nitrogens with one attached hydrogen (secondary N) is 2. The second kappa shape index (κ2) is 9.46. The van der Waals surface area contributed by atoms with Crippen molar-refractivity contribution in [1.82, 2.24) is 9.88 Å². The SMILES string of the molecule is N=C/C=N\Nc1c(F)cccc1C(=O)N1CCC(F)(F)C1COc1ccc(C(F)(F)F)cn1. The molecule has 1 atom stereocenters. The molecule has 176 valence electrons. The summed E-state index contributed by atoms with van der Waals surface area (Å²) in [5, 5.41) is 10.4. The molecule has 2 aromatic rings. The average Bonchev–Trinajstić information content (AvgIpc) is 3.06. The predicted octanol–water partition coefficient (Wildman–Crippen LogP) is 4.22. The molecule has 2 heterocycles. The molecule has 0 aliphatic carbocycles. The number of hydrazone groups is 1. The number of carbonyl (C=O) groups excluding carboxylic acids is 1. The zero-order valence-corrected chi connectivity index (χ0v) is 16.7. The summed E-state index contributed by atoms with van der Waals surface area (Å²) in [6.45, 7) is -1.11. The zero-order valence-electron chi connectivity index (χ0n) is 16.7. The van der Waals surface area contributed by atoms with Crippen LogP contribution in [0.15, 0.2) is 41.6 Å². The van der Waals surface area contributed by atoms with Crippen molar-refractivity contribution < 1.29 is 35.9 Å². The van der Waals surface area contributed by atoms with E-state index in [-0.39, 0.29) is 23.7 Å². The Hall–Kier alpha value is -3.64. The summed E-state index contributed by atoms with van der Waals surface area (Å²) in [6, 6.07) is 3.29. The Morgan fingerprint density at radius 3 is 2.73 bits per heavy atom. The normalized spacial score (nSPS) is 17.9. The van der Waals surface area contributed by atoms with Crippen LogP contribution in [0.3, 0.4) is 0 Å². The van der Waals surface area contributed by atoms with Gasteiger partial charge in [0.25, 0.3) is 11.8 Å². The van der Waals surface area contributed by atoms with E-state index in [4.69, 9.17) is 10.1 Å². The third kappa shape index (κ3) is 5.41. The van der Waals surface area contributed by atoms with Crippen molar-refractivity contribution >= 4 is 24.0 Å². The molecule has 1 amide bonds. The van der Waals surface area contributed by atoms with Crippen molar-refractivity contribution in [3.05, 3.63) is 53.5 Å². The molecule has 0 saturated carbocycles. The molecule has 7 nitrogen and oxygen atoms in total. The fourth-order valence-electron chi connectivity index (χ4n) is 3.18. The molecule has 1 fully saturated rings. The first-order chi connectivity index (χ1) is 15.5. The molecular weight excluding hydrogens is 456 g/mol. The van der Waals surface area contributed by atoms with Gasteiger partial charge in [-0.05, 0) is 18.2 Å². The fourth-order valence-corrected chi connectivity index (χ4v) is 3.18. The lowest BCUT2D eigenvalue weighted by molar-refractivity contribution is -0.137. The van der Waals surface area contributed by atoms with Crippen molar-refractivity contribution in [2.75, 3.05) is 18.6 Å². The molecule has 0 bridgehead atoms.